The van der Waals surface area contributed by atoms with Crippen LogP contribution in [0.15, 0.2) is 24.4 Å². The Morgan fingerprint density at radius 3 is 2.67 bits per heavy atom. The first kappa shape index (κ1) is 12.3. The van der Waals surface area contributed by atoms with Crippen LogP contribution in [0.2, 0.25) is 0 Å². The molecular formula is C12H14FN5. The zero-order chi connectivity index (χ0) is 13.1. The predicted octanol–water partition coefficient (Wildman–Crippen LogP) is 2.26. The smallest absolute Gasteiger partial charge is 0.239 e. The monoisotopic (exact) mass is 247 g/mol. The molecule has 0 atom stereocenters. The topological polar surface area (TPSA) is 75.9 Å². The van der Waals surface area contributed by atoms with Crippen LogP contribution in [0, 0.1) is 19.7 Å². The van der Waals surface area contributed by atoms with Crippen molar-refractivity contribution in [3.63, 3.8) is 0 Å². The van der Waals surface area contributed by atoms with E-state index in [0.29, 0.717) is 0 Å². The van der Waals surface area contributed by atoms with Gasteiger partial charge in [0, 0.05) is 5.69 Å². The van der Waals surface area contributed by atoms with Crippen molar-refractivity contribution in [2.45, 2.75) is 13.8 Å². The Morgan fingerprint density at radius 2 is 2.00 bits per heavy atom. The van der Waals surface area contributed by atoms with Crippen molar-refractivity contribution >= 4 is 17.5 Å². The Labute approximate surface area is 104 Å². The maximum absolute atomic E-state index is 13.5. The van der Waals surface area contributed by atoms with Crippen LogP contribution < -0.4 is 16.6 Å². The third-order valence-corrected chi connectivity index (χ3v) is 2.64. The van der Waals surface area contributed by atoms with Crippen LogP contribution in [0.25, 0.3) is 0 Å². The van der Waals surface area contributed by atoms with Crippen molar-refractivity contribution in [1.29, 1.82) is 0 Å². The average Bonchev–Trinajstić information content (AvgIpc) is 2.36. The molecule has 18 heavy (non-hydrogen) atoms. The number of halogens is 1. The molecular weight excluding hydrogens is 233 g/mol. The molecule has 0 bridgehead atoms. The molecule has 0 amide bonds. The Kier molecular flexibility index (Phi) is 3.38. The molecule has 5 nitrogen and oxygen atoms in total. The van der Waals surface area contributed by atoms with Crippen LogP contribution in [0.4, 0.5) is 21.8 Å². The fourth-order valence-corrected chi connectivity index (χ4v) is 1.48. The number of anilines is 3. The number of hydrogen-bond acceptors (Lipinski definition) is 5. The van der Waals surface area contributed by atoms with Crippen molar-refractivity contribution < 1.29 is 4.39 Å². The quantitative estimate of drug-likeness (QED) is 0.573. The van der Waals surface area contributed by atoms with E-state index >= 15 is 0 Å². The lowest BCUT2D eigenvalue weighted by Crippen LogP contribution is -2.12. The third kappa shape index (κ3) is 2.54. The highest BCUT2D eigenvalue weighted by atomic mass is 19.1. The fraction of sp³-hybridized carbons (Fsp3) is 0.167. The minimum absolute atomic E-state index is 0.0844. The van der Waals surface area contributed by atoms with Crippen LogP contribution in [0.1, 0.15) is 11.1 Å². The number of nitrogens with one attached hydrogen (secondary N) is 2. The third-order valence-electron chi connectivity index (χ3n) is 2.64. The van der Waals surface area contributed by atoms with E-state index in [1.54, 1.807) is 0 Å². The fourth-order valence-electron chi connectivity index (χ4n) is 1.48. The molecule has 0 aliphatic rings. The maximum atomic E-state index is 13.5. The SMILES string of the molecule is Cc1ccc(Nc2nc(NN)ncc2F)cc1C. The Hall–Kier alpha value is -2.21. The van der Waals surface area contributed by atoms with E-state index in [-0.39, 0.29) is 11.8 Å². The lowest BCUT2D eigenvalue weighted by atomic mass is 10.1. The summed E-state index contributed by atoms with van der Waals surface area (Å²) in [5, 5.41) is 2.89. The largest absolute Gasteiger partial charge is 0.338 e. The van der Waals surface area contributed by atoms with Gasteiger partial charge in [0.05, 0.1) is 6.20 Å². The Morgan fingerprint density at radius 1 is 1.22 bits per heavy atom. The van der Waals surface area contributed by atoms with Crippen molar-refractivity contribution in [3.05, 3.63) is 41.3 Å². The first-order valence-electron chi connectivity index (χ1n) is 5.43. The number of benzene rings is 1. The highest BCUT2D eigenvalue weighted by molar-refractivity contribution is 5.59. The van der Waals surface area contributed by atoms with Gasteiger partial charge in [-0.1, -0.05) is 6.07 Å². The van der Waals surface area contributed by atoms with Gasteiger partial charge in [-0.25, -0.2) is 15.2 Å². The molecule has 0 aliphatic heterocycles. The van der Waals surface area contributed by atoms with Crippen LogP contribution in [0.3, 0.4) is 0 Å². The molecule has 0 saturated heterocycles. The van der Waals surface area contributed by atoms with E-state index in [4.69, 9.17) is 5.84 Å². The standard InChI is InChI=1S/C12H14FN5/c1-7-3-4-9(5-8(7)2)16-11-10(13)6-15-12(17-11)18-14/h3-6H,14H2,1-2H3,(H2,15,16,17,18). The summed E-state index contributed by atoms with van der Waals surface area (Å²) < 4.78 is 13.5. The van der Waals surface area contributed by atoms with Gasteiger partial charge in [-0.2, -0.15) is 4.98 Å². The first-order valence-corrected chi connectivity index (χ1v) is 5.43. The molecule has 94 valence electrons. The summed E-state index contributed by atoms with van der Waals surface area (Å²) >= 11 is 0. The van der Waals surface area contributed by atoms with Crippen LogP contribution >= 0.6 is 0 Å². The number of rotatable bonds is 3. The summed E-state index contributed by atoms with van der Waals surface area (Å²) in [6, 6.07) is 5.74. The second kappa shape index (κ2) is 4.97. The molecule has 1 aromatic heterocycles. The number of nitrogens with two attached hydrogens (primary N) is 1. The van der Waals surface area contributed by atoms with E-state index in [1.807, 2.05) is 32.0 Å². The second-order valence-electron chi connectivity index (χ2n) is 3.96. The van der Waals surface area contributed by atoms with Crippen LogP contribution in [-0.2, 0) is 0 Å². The molecule has 0 unspecified atom stereocenters. The normalized spacial score (nSPS) is 10.2. The molecule has 6 heteroatoms. The minimum Gasteiger partial charge on any atom is -0.338 e. The zero-order valence-electron chi connectivity index (χ0n) is 10.2. The van der Waals surface area contributed by atoms with Gasteiger partial charge >= 0.3 is 0 Å². The number of hydrazine groups is 1. The lowest BCUT2D eigenvalue weighted by Gasteiger charge is -2.09. The van der Waals surface area contributed by atoms with Crippen LogP contribution in [-0.4, -0.2) is 9.97 Å². The predicted molar refractivity (Wildman–Crippen MR) is 69.0 cm³/mol. The highest BCUT2D eigenvalue weighted by Gasteiger charge is 2.07. The van der Waals surface area contributed by atoms with Gasteiger partial charge < -0.3 is 5.32 Å². The molecule has 2 rings (SSSR count). The molecule has 4 N–H and O–H groups in total. The Bertz CT molecular complexity index is 570. The summed E-state index contributed by atoms with van der Waals surface area (Å²) in [7, 11) is 0. The number of hydrogen-bond donors (Lipinski definition) is 3. The summed E-state index contributed by atoms with van der Waals surface area (Å²) in [4.78, 5) is 7.57. The number of aromatic nitrogens is 2. The molecule has 0 aliphatic carbocycles. The molecule has 0 saturated carbocycles. The minimum atomic E-state index is -0.535. The van der Waals surface area contributed by atoms with Gasteiger partial charge in [-0.15, -0.1) is 0 Å². The van der Waals surface area contributed by atoms with E-state index in [0.717, 1.165) is 17.4 Å². The van der Waals surface area contributed by atoms with Crippen molar-refractivity contribution in [2.75, 3.05) is 10.7 Å². The van der Waals surface area contributed by atoms with Gasteiger partial charge in [-0.05, 0) is 37.1 Å². The highest BCUT2D eigenvalue weighted by Crippen LogP contribution is 2.20. The van der Waals surface area contributed by atoms with Crippen molar-refractivity contribution in [1.82, 2.24) is 9.97 Å². The molecule has 0 spiro atoms. The number of nitrogens with zero attached hydrogens (tertiary/aromatic N) is 2. The average molecular weight is 247 g/mol. The van der Waals surface area contributed by atoms with Crippen molar-refractivity contribution in [3.8, 4) is 0 Å². The maximum Gasteiger partial charge on any atom is 0.239 e. The van der Waals surface area contributed by atoms with Gasteiger partial charge in [0.2, 0.25) is 5.95 Å². The van der Waals surface area contributed by atoms with Gasteiger partial charge in [0.15, 0.2) is 11.6 Å². The van der Waals surface area contributed by atoms with E-state index in [1.165, 1.54) is 5.56 Å². The molecule has 2 aromatic rings. The summed E-state index contributed by atoms with van der Waals surface area (Å²) in [6.07, 6.45) is 1.06. The molecule has 1 aromatic carbocycles. The van der Waals surface area contributed by atoms with Gasteiger partial charge in [0.1, 0.15) is 0 Å². The second-order valence-corrected chi connectivity index (χ2v) is 3.96. The molecule has 0 radical (unpaired) electrons. The van der Waals surface area contributed by atoms with E-state index < -0.39 is 5.82 Å². The van der Waals surface area contributed by atoms with Gasteiger partial charge in [0.25, 0.3) is 0 Å². The summed E-state index contributed by atoms with van der Waals surface area (Å²) in [5.74, 6) is 4.89. The molecule has 0 fully saturated rings. The molecule has 1 heterocycles. The summed E-state index contributed by atoms with van der Waals surface area (Å²) in [6.45, 7) is 4.00. The summed E-state index contributed by atoms with van der Waals surface area (Å²) in [5.41, 5.74) is 5.33. The van der Waals surface area contributed by atoms with E-state index in [2.05, 4.69) is 20.7 Å². The Balaban J connectivity index is 2.30. The number of nitrogen functional groups attached to an aromatic ring is 1. The van der Waals surface area contributed by atoms with Crippen LogP contribution in [0.5, 0.6) is 0 Å². The lowest BCUT2D eigenvalue weighted by molar-refractivity contribution is 0.619. The number of aryl methyl sites for hydroxylation is 2. The zero-order valence-corrected chi connectivity index (χ0v) is 10.2. The van der Waals surface area contributed by atoms with Gasteiger partial charge in [-0.3, -0.25) is 5.43 Å². The van der Waals surface area contributed by atoms with E-state index in [9.17, 15) is 4.39 Å². The van der Waals surface area contributed by atoms with Crippen molar-refractivity contribution in [2.24, 2.45) is 5.84 Å². The first-order chi connectivity index (χ1) is 8.60.